The van der Waals surface area contributed by atoms with Crippen LogP contribution in [0.5, 0.6) is 0 Å². The number of aryl methyl sites for hydroxylation is 2. The highest BCUT2D eigenvalue weighted by atomic mass is 19.1. The summed E-state index contributed by atoms with van der Waals surface area (Å²) < 4.78 is 27.3. The Labute approximate surface area is 203 Å². The minimum Gasteiger partial charge on any atom is -0.390 e. The van der Waals surface area contributed by atoms with Gasteiger partial charge in [-0.05, 0) is 79.6 Å². The number of hydrogen-bond donors (Lipinski definition) is 3. The van der Waals surface area contributed by atoms with Gasteiger partial charge in [0, 0.05) is 31.1 Å². The van der Waals surface area contributed by atoms with Crippen LogP contribution in [0.3, 0.4) is 0 Å². The van der Waals surface area contributed by atoms with Gasteiger partial charge in [0.2, 0.25) is 5.91 Å². The SMILES string of the molecule is CC(=O)N[C@@H](Cc1cc(F)cc(F)c1)[C@H](O)CN[C@H]1CCCc2ccc(-c3ccc(C)nn3)cc21. The van der Waals surface area contributed by atoms with Gasteiger partial charge in [0.1, 0.15) is 11.6 Å². The molecule has 2 aromatic carbocycles. The van der Waals surface area contributed by atoms with Crippen LogP contribution >= 0.6 is 0 Å². The lowest BCUT2D eigenvalue weighted by atomic mass is 9.86. The lowest BCUT2D eigenvalue weighted by molar-refractivity contribution is -0.120. The maximum Gasteiger partial charge on any atom is 0.217 e. The molecule has 8 heteroatoms. The maximum absolute atomic E-state index is 13.6. The van der Waals surface area contributed by atoms with Crippen LogP contribution in [0.2, 0.25) is 0 Å². The van der Waals surface area contributed by atoms with Crippen LogP contribution in [0.15, 0.2) is 48.5 Å². The molecule has 0 spiro atoms. The van der Waals surface area contributed by atoms with E-state index < -0.39 is 23.8 Å². The van der Waals surface area contributed by atoms with Crippen LogP contribution in [0, 0.1) is 18.6 Å². The highest BCUT2D eigenvalue weighted by Crippen LogP contribution is 2.33. The molecule has 1 heterocycles. The summed E-state index contributed by atoms with van der Waals surface area (Å²) >= 11 is 0. The summed E-state index contributed by atoms with van der Waals surface area (Å²) in [5, 5.41) is 25.5. The van der Waals surface area contributed by atoms with E-state index in [0.29, 0.717) is 5.56 Å². The van der Waals surface area contributed by atoms with Gasteiger partial charge in [-0.3, -0.25) is 4.79 Å². The highest BCUT2D eigenvalue weighted by molar-refractivity contribution is 5.73. The zero-order chi connectivity index (χ0) is 24.9. The smallest absolute Gasteiger partial charge is 0.217 e. The Bertz CT molecular complexity index is 1170. The zero-order valence-electron chi connectivity index (χ0n) is 19.9. The van der Waals surface area contributed by atoms with Crippen LogP contribution in [0.4, 0.5) is 8.78 Å². The topological polar surface area (TPSA) is 87.1 Å². The molecule has 1 aliphatic carbocycles. The summed E-state index contributed by atoms with van der Waals surface area (Å²) in [6.07, 6.45) is 2.05. The number of carbonyl (C=O) groups is 1. The number of benzene rings is 2. The number of nitrogens with one attached hydrogen (secondary N) is 2. The molecule has 1 amide bonds. The van der Waals surface area contributed by atoms with E-state index in [2.05, 4.69) is 39.0 Å². The molecule has 3 aromatic rings. The van der Waals surface area contributed by atoms with Crippen molar-refractivity contribution < 1.29 is 18.7 Å². The number of carbonyl (C=O) groups excluding carboxylic acids is 1. The molecule has 4 rings (SSSR count). The van der Waals surface area contributed by atoms with Gasteiger partial charge in [0.15, 0.2) is 0 Å². The summed E-state index contributed by atoms with van der Waals surface area (Å²) in [4.78, 5) is 11.7. The summed E-state index contributed by atoms with van der Waals surface area (Å²) in [7, 11) is 0. The molecule has 1 aromatic heterocycles. The third-order valence-electron chi connectivity index (χ3n) is 6.36. The number of fused-ring (bicyclic) bond motifs is 1. The molecule has 0 aliphatic heterocycles. The van der Waals surface area contributed by atoms with Crippen LogP contribution in [-0.4, -0.2) is 39.9 Å². The number of amides is 1. The monoisotopic (exact) mass is 480 g/mol. The second-order valence-electron chi connectivity index (χ2n) is 9.18. The molecule has 3 N–H and O–H groups in total. The molecule has 0 bridgehead atoms. The van der Waals surface area contributed by atoms with Gasteiger partial charge in [0.05, 0.1) is 23.5 Å². The van der Waals surface area contributed by atoms with Gasteiger partial charge in [0.25, 0.3) is 0 Å². The molecule has 6 nitrogen and oxygen atoms in total. The van der Waals surface area contributed by atoms with Crippen molar-refractivity contribution in [2.45, 2.75) is 57.7 Å². The van der Waals surface area contributed by atoms with Gasteiger partial charge >= 0.3 is 0 Å². The number of nitrogens with zero attached hydrogens (tertiary/aromatic N) is 2. The van der Waals surface area contributed by atoms with E-state index >= 15 is 0 Å². The molecule has 0 radical (unpaired) electrons. The van der Waals surface area contributed by atoms with Crippen molar-refractivity contribution in [3.63, 3.8) is 0 Å². The largest absolute Gasteiger partial charge is 0.390 e. The summed E-state index contributed by atoms with van der Waals surface area (Å²) in [6, 6.07) is 12.7. The van der Waals surface area contributed by atoms with Crippen molar-refractivity contribution >= 4 is 5.91 Å². The van der Waals surface area contributed by atoms with Crippen molar-refractivity contribution in [3.05, 3.63) is 82.5 Å². The first-order valence-corrected chi connectivity index (χ1v) is 11.9. The molecule has 0 saturated heterocycles. The minimum atomic E-state index is -0.957. The zero-order valence-corrected chi connectivity index (χ0v) is 19.9. The third-order valence-corrected chi connectivity index (χ3v) is 6.36. The van der Waals surface area contributed by atoms with Crippen molar-refractivity contribution in [2.24, 2.45) is 0 Å². The second kappa shape index (κ2) is 11.0. The van der Waals surface area contributed by atoms with E-state index in [1.54, 1.807) is 0 Å². The quantitative estimate of drug-likeness (QED) is 0.457. The molecule has 184 valence electrons. The number of halogens is 2. The second-order valence-corrected chi connectivity index (χ2v) is 9.18. The fraction of sp³-hybridized carbons (Fsp3) is 0.370. The normalized spacial score (nSPS) is 16.9. The average Bonchev–Trinajstić information content (AvgIpc) is 2.81. The van der Waals surface area contributed by atoms with E-state index in [1.807, 2.05) is 19.1 Å². The average molecular weight is 481 g/mol. The fourth-order valence-electron chi connectivity index (χ4n) is 4.66. The van der Waals surface area contributed by atoms with Crippen LogP contribution in [-0.2, 0) is 17.6 Å². The standard InChI is InChI=1S/C27H30F2N4O2/c1-16-6-9-24(33-32-16)20-8-7-19-4-3-5-25(23(19)13-20)30-15-27(35)26(31-17(2)34)12-18-10-21(28)14-22(29)11-18/h6-11,13-14,25-27,30,35H,3-5,12,15H2,1-2H3,(H,31,34)/t25-,26-,27+/m0/s1. The molecule has 0 fully saturated rings. The number of hydrogen-bond acceptors (Lipinski definition) is 5. The van der Waals surface area contributed by atoms with E-state index in [9.17, 15) is 18.7 Å². The third kappa shape index (κ3) is 6.46. The first-order valence-electron chi connectivity index (χ1n) is 11.9. The highest BCUT2D eigenvalue weighted by Gasteiger charge is 2.25. The van der Waals surface area contributed by atoms with E-state index in [1.165, 1.54) is 24.6 Å². The van der Waals surface area contributed by atoms with Crippen LogP contribution < -0.4 is 10.6 Å². The van der Waals surface area contributed by atoms with Gasteiger partial charge in [-0.25, -0.2) is 8.78 Å². The Morgan fingerprint density at radius 2 is 1.89 bits per heavy atom. The fourth-order valence-corrected chi connectivity index (χ4v) is 4.66. The molecule has 1 aliphatic rings. The van der Waals surface area contributed by atoms with Crippen molar-refractivity contribution in [3.8, 4) is 11.3 Å². The maximum atomic E-state index is 13.6. The van der Waals surface area contributed by atoms with Gasteiger partial charge < -0.3 is 15.7 Å². The minimum absolute atomic E-state index is 0.0244. The van der Waals surface area contributed by atoms with Crippen molar-refractivity contribution in [2.75, 3.05) is 6.54 Å². The Kier molecular flexibility index (Phi) is 7.83. The van der Waals surface area contributed by atoms with Gasteiger partial charge in [-0.1, -0.05) is 12.1 Å². The molecular formula is C27H30F2N4O2. The van der Waals surface area contributed by atoms with Gasteiger partial charge in [-0.15, -0.1) is 0 Å². The first-order chi connectivity index (χ1) is 16.8. The molecular weight excluding hydrogens is 450 g/mol. The summed E-state index contributed by atoms with van der Waals surface area (Å²) in [6.45, 7) is 3.46. The van der Waals surface area contributed by atoms with Crippen molar-refractivity contribution in [1.82, 2.24) is 20.8 Å². The van der Waals surface area contributed by atoms with Crippen molar-refractivity contribution in [1.29, 1.82) is 0 Å². The molecule has 35 heavy (non-hydrogen) atoms. The lowest BCUT2D eigenvalue weighted by Crippen LogP contribution is -2.48. The first kappa shape index (κ1) is 24.9. The Morgan fingerprint density at radius 1 is 1.11 bits per heavy atom. The van der Waals surface area contributed by atoms with E-state index in [-0.39, 0.29) is 24.9 Å². The lowest BCUT2D eigenvalue weighted by Gasteiger charge is -2.30. The summed E-state index contributed by atoms with van der Waals surface area (Å²) in [5.41, 5.74) is 5.42. The number of aliphatic hydroxyl groups excluding tert-OH is 1. The van der Waals surface area contributed by atoms with E-state index in [4.69, 9.17) is 0 Å². The number of aliphatic hydroxyl groups is 1. The summed E-state index contributed by atoms with van der Waals surface area (Å²) in [5.74, 6) is -1.71. The Morgan fingerprint density at radius 3 is 2.57 bits per heavy atom. The Balaban J connectivity index is 1.48. The molecule has 3 atom stereocenters. The Hall–Kier alpha value is -3.23. The van der Waals surface area contributed by atoms with Crippen LogP contribution in [0.25, 0.3) is 11.3 Å². The molecule has 0 unspecified atom stereocenters. The van der Waals surface area contributed by atoms with Crippen LogP contribution in [0.1, 0.15) is 48.2 Å². The number of aromatic nitrogens is 2. The predicted molar refractivity (Wildman–Crippen MR) is 130 cm³/mol. The van der Waals surface area contributed by atoms with E-state index in [0.717, 1.165) is 47.8 Å². The predicted octanol–water partition coefficient (Wildman–Crippen LogP) is 3.81. The number of rotatable bonds is 8. The molecule has 0 saturated carbocycles. The van der Waals surface area contributed by atoms with Gasteiger partial charge in [-0.2, -0.15) is 10.2 Å².